The van der Waals surface area contributed by atoms with Gasteiger partial charge in [-0.25, -0.2) is 0 Å². The molecule has 2 heterocycles. The van der Waals surface area contributed by atoms with Crippen molar-refractivity contribution in [3.8, 4) is 39.3 Å². The molecule has 2 aromatic heterocycles. The topological polar surface area (TPSA) is 46.0 Å². The van der Waals surface area contributed by atoms with Gasteiger partial charge in [0.2, 0.25) is 0 Å². The molecule has 0 unspecified atom stereocenters. The third-order valence-corrected chi connectivity index (χ3v) is 4.15. The van der Waals surface area contributed by atoms with E-state index in [0.29, 0.717) is 0 Å². The number of rotatable bonds is 3. The fourth-order valence-electron chi connectivity index (χ4n) is 2.83. The van der Waals surface area contributed by atoms with E-state index in [-0.39, 0.29) is 74.6 Å². The van der Waals surface area contributed by atoms with Crippen molar-refractivity contribution < 1.29 is 5.11 Å². The van der Waals surface area contributed by atoms with Crippen molar-refractivity contribution in [1.82, 2.24) is 9.97 Å². The third-order valence-electron chi connectivity index (χ3n) is 4.15. The number of phenolic OH excluding ortho intramolecular Hbond substituents is 1. The van der Waals surface area contributed by atoms with Crippen LogP contribution in [0.25, 0.3) is 33.5 Å². The van der Waals surface area contributed by atoms with Crippen molar-refractivity contribution in [3.63, 3.8) is 0 Å². The van der Waals surface area contributed by atoms with Crippen LogP contribution in [-0.4, -0.2) is 84.0 Å². The van der Waals surface area contributed by atoms with Crippen molar-refractivity contribution in [2.24, 2.45) is 0 Å². The third kappa shape index (κ3) is 4.28. The van der Waals surface area contributed by atoms with Gasteiger partial charge in [-0.05, 0) is 52.6 Å². The molecule has 1 radical (unpaired) electrons. The Morgan fingerprint density at radius 1 is 0.654 bits per heavy atom. The molecule has 0 atom stereocenters. The summed E-state index contributed by atoms with van der Waals surface area (Å²) in [6.07, 6.45) is 5.35. The Morgan fingerprint density at radius 2 is 1.38 bits per heavy atom. The minimum absolute atomic E-state index is 0. The predicted octanol–water partition coefficient (Wildman–Crippen LogP) is 4.80. The van der Waals surface area contributed by atoms with Gasteiger partial charge in [0, 0.05) is 93.0 Å². The monoisotopic (exact) mass is 457 g/mol. The summed E-state index contributed by atoms with van der Waals surface area (Å²) >= 11 is 0. The maximum Gasteiger partial charge on any atom is 0.125 e. The van der Waals surface area contributed by atoms with Crippen molar-refractivity contribution in [2.75, 3.05) is 0 Å². The number of phenols is 1. The van der Waals surface area contributed by atoms with Gasteiger partial charge in [-0.3, -0.25) is 9.97 Å². The molecular formula is C22H16CsN2O. The van der Waals surface area contributed by atoms with Gasteiger partial charge in [-0.1, -0.05) is 42.5 Å². The van der Waals surface area contributed by atoms with Crippen LogP contribution in [0, 0.1) is 0 Å². The van der Waals surface area contributed by atoms with Gasteiger partial charge in [-0.2, -0.15) is 0 Å². The molecule has 4 aromatic rings. The second-order valence-corrected chi connectivity index (χ2v) is 5.77. The normalized spacial score (nSPS) is 10.2. The molecule has 0 fully saturated rings. The zero-order valence-corrected chi connectivity index (χ0v) is 20.8. The molecule has 0 aliphatic rings. The molecule has 0 aliphatic carbocycles. The molecule has 26 heavy (non-hydrogen) atoms. The van der Waals surface area contributed by atoms with Crippen molar-refractivity contribution in [3.05, 3.63) is 91.4 Å². The number of benzene rings is 2. The summed E-state index contributed by atoms with van der Waals surface area (Å²) in [4.78, 5) is 8.49. The van der Waals surface area contributed by atoms with Crippen LogP contribution in [0.15, 0.2) is 91.4 Å². The van der Waals surface area contributed by atoms with Crippen LogP contribution in [0.1, 0.15) is 0 Å². The van der Waals surface area contributed by atoms with Gasteiger partial charge in [0.05, 0.1) is 5.69 Å². The Balaban J connectivity index is 0.00000196. The number of pyridine rings is 2. The van der Waals surface area contributed by atoms with Crippen LogP contribution < -0.4 is 0 Å². The minimum atomic E-state index is 0. The number of aromatic hydroxyl groups is 1. The summed E-state index contributed by atoms with van der Waals surface area (Å²) in [7, 11) is 0. The summed E-state index contributed by atoms with van der Waals surface area (Å²) in [5, 5.41) is 10.2. The maximum atomic E-state index is 10.2. The van der Waals surface area contributed by atoms with E-state index in [1.54, 1.807) is 18.5 Å². The molecule has 4 rings (SSSR count). The maximum absolute atomic E-state index is 10.2. The summed E-state index contributed by atoms with van der Waals surface area (Å²) < 4.78 is 0. The van der Waals surface area contributed by atoms with Crippen LogP contribution in [0.5, 0.6) is 5.75 Å². The molecule has 0 spiro atoms. The Labute approximate surface area is 211 Å². The SMILES string of the molecule is Oc1ccc(-c2ccc(-c3cccnc3)cc2)cc1-c1ccccn1.[Cs]. The molecule has 0 amide bonds. The van der Waals surface area contributed by atoms with E-state index in [1.807, 2.05) is 48.7 Å². The van der Waals surface area contributed by atoms with Crippen LogP contribution in [0.2, 0.25) is 0 Å². The average molecular weight is 457 g/mol. The quantitative estimate of drug-likeness (QED) is 0.481. The first kappa shape index (κ1) is 19.4. The van der Waals surface area contributed by atoms with E-state index in [2.05, 4.69) is 34.2 Å². The molecule has 121 valence electrons. The molecule has 2 aromatic carbocycles. The molecule has 0 bridgehead atoms. The van der Waals surface area contributed by atoms with E-state index < -0.39 is 0 Å². The van der Waals surface area contributed by atoms with E-state index in [9.17, 15) is 5.11 Å². The van der Waals surface area contributed by atoms with Crippen molar-refractivity contribution >= 4 is 68.9 Å². The van der Waals surface area contributed by atoms with E-state index in [0.717, 1.165) is 33.5 Å². The Bertz CT molecular complexity index is 988. The predicted molar refractivity (Wildman–Crippen MR) is 106 cm³/mol. The standard InChI is InChI=1S/C22H16N2O.Cs/c25-22-11-10-18(14-20(22)21-5-1-2-13-24-21)16-6-8-17(9-7-16)19-4-3-12-23-15-19;/h1-15,25H;. The second kappa shape index (κ2) is 8.99. The van der Waals surface area contributed by atoms with Crippen molar-refractivity contribution in [2.45, 2.75) is 0 Å². The number of hydrogen-bond acceptors (Lipinski definition) is 3. The zero-order chi connectivity index (χ0) is 17.1. The summed E-state index contributed by atoms with van der Waals surface area (Å²) in [5.74, 6) is 0.231. The summed E-state index contributed by atoms with van der Waals surface area (Å²) in [5.41, 5.74) is 5.83. The first-order chi connectivity index (χ1) is 12.3. The molecule has 0 aliphatic heterocycles. The largest absolute Gasteiger partial charge is 0.507 e. The molecule has 0 saturated heterocycles. The fraction of sp³-hybridized carbons (Fsp3) is 0. The van der Waals surface area contributed by atoms with E-state index in [1.165, 1.54) is 0 Å². The average Bonchev–Trinajstić information content (AvgIpc) is 2.70. The Hall–Kier alpha value is -1.41. The van der Waals surface area contributed by atoms with Gasteiger partial charge in [0.15, 0.2) is 0 Å². The van der Waals surface area contributed by atoms with Gasteiger partial charge >= 0.3 is 0 Å². The van der Waals surface area contributed by atoms with Gasteiger partial charge in [0.25, 0.3) is 0 Å². The Kier molecular flexibility index (Phi) is 6.69. The van der Waals surface area contributed by atoms with E-state index >= 15 is 0 Å². The smallest absolute Gasteiger partial charge is 0.125 e. The second-order valence-electron chi connectivity index (χ2n) is 5.77. The molecule has 3 nitrogen and oxygen atoms in total. The van der Waals surface area contributed by atoms with Gasteiger partial charge < -0.3 is 5.11 Å². The first-order valence-electron chi connectivity index (χ1n) is 8.06. The van der Waals surface area contributed by atoms with E-state index in [4.69, 9.17) is 0 Å². The Morgan fingerprint density at radius 3 is 2.04 bits per heavy atom. The minimum Gasteiger partial charge on any atom is -0.507 e. The van der Waals surface area contributed by atoms with Gasteiger partial charge in [0.1, 0.15) is 5.75 Å². The summed E-state index contributed by atoms with van der Waals surface area (Å²) in [6.45, 7) is 0. The molecular weight excluding hydrogens is 441 g/mol. The number of nitrogens with zero attached hydrogens (tertiary/aromatic N) is 2. The number of aromatic nitrogens is 2. The number of hydrogen-bond donors (Lipinski definition) is 1. The van der Waals surface area contributed by atoms with Crippen LogP contribution >= 0.6 is 0 Å². The van der Waals surface area contributed by atoms with Crippen LogP contribution in [0.4, 0.5) is 0 Å². The molecule has 4 heteroatoms. The molecule has 1 N–H and O–H groups in total. The van der Waals surface area contributed by atoms with Crippen LogP contribution in [-0.2, 0) is 0 Å². The zero-order valence-electron chi connectivity index (χ0n) is 14.5. The van der Waals surface area contributed by atoms with Crippen molar-refractivity contribution in [1.29, 1.82) is 0 Å². The van der Waals surface area contributed by atoms with Crippen LogP contribution in [0.3, 0.4) is 0 Å². The van der Waals surface area contributed by atoms with Gasteiger partial charge in [-0.15, -0.1) is 0 Å². The first-order valence-corrected chi connectivity index (χ1v) is 8.06. The summed E-state index contributed by atoms with van der Waals surface area (Å²) in [6, 6.07) is 23.6. The fourth-order valence-corrected chi connectivity index (χ4v) is 2.83. The molecule has 0 saturated carbocycles.